The Kier molecular flexibility index (Phi) is 4.68. The molecule has 0 atom stereocenters. The van der Waals surface area contributed by atoms with Gasteiger partial charge in [-0.05, 0) is 48.5 Å². The van der Waals surface area contributed by atoms with E-state index in [0.29, 0.717) is 5.69 Å². The second-order valence-electron chi connectivity index (χ2n) is 5.94. The first-order chi connectivity index (χ1) is 13.3. The van der Waals surface area contributed by atoms with Crippen molar-refractivity contribution in [3.63, 3.8) is 0 Å². The second-order valence-corrected chi connectivity index (χ2v) is 5.94. The number of rotatable bonds is 5. The third-order valence-electron chi connectivity index (χ3n) is 4.39. The van der Waals surface area contributed by atoms with Gasteiger partial charge in [0.15, 0.2) is 5.60 Å². The van der Waals surface area contributed by atoms with Gasteiger partial charge in [0.05, 0.1) is 28.5 Å². The van der Waals surface area contributed by atoms with Crippen molar-refractivity contribution in [3.05, 3.63) is 108 Å². The molecule has 4 aromatic rings. The number of methoxy groups -OCH3 is 1. The fourth-order valence-corrected chi connectivity index (χ4v) is 3.14. The lowest BCUT2D eigenvalue weighted by Crippen LogP contribution is -2.34. The summed E-state index contributed by atoms with van der Waals surface area (Å²) >= 11 is 0. The zero-order chi connectivity index (χ0) is 18.5. The minimum atomic E-state index is -1.02. The first-order valence-corrected chi connectivity index (χ1v) is 8.62. The highest BCUT2D eigenvalue weighted by atomic mass is 16.5. The molecule has 0 aliphatic carbocycles. The molecule has 5 heteroatoms. The van der Waals surface area contributed by atoms with Gasteiger partial charge in [0.2, 0.25) is 0 Å². The molecular weight excluding hydrogens is 336 g/mol. The van der Waals surface area contributed by atoms with Gasteiger partial charge in [0.1, 0.15) is 0 Å². The van der Waals surface area contributed by atoms with Crippen molar-refractivity contribution in [1.29, 1.82) is 0 Å². The molecule has 5 nitrogen and oxygen atoms in total. The van der Waals surface area contributed by atoms with E-state index >= 15 is 0 Å². The molecule has 0 saturated heterocycles. The van der Waals surface area contributed by atoms with Crippen LogP contribution in [0.25, 0.3) is 11.4 Å². The molecule has 0 N–H and O–H groups in total. The van der Waals surface area contributed by atoms with Crippen molar-refractivity contribution in [2.75, 3.05) is 7.11 Å². The average molecular weight is 354 g/mol. The van der Waals surface area contributed by atoms with Crippen molar-refractivity contribution in [3.8, 4) is 11.4 Å². The van der Waals surface area contributed by atoms with Gasteiger partial charge in [-0.2, -0.15) is 0 Å². The molecule has 0 spiro atoms. The molecule has 0 bridgehead atoms. The second kappa shape index (κ2) is 7.43. The van der Waals surface area contributed by atoms with E-state index in [1.165, 1.54) is 0 Å². The Labute approximate surface area is 157 Å². The SMILES string of the molecule is COC(c1ccccn1)(c1ccccn1)c1cccc(-c2ccccn2)n1. The summed E-state index contributed by atoms with van der Waals surface area (Å²) in [4.78, 5) is 18.4. The highest BCUT2D eigenvalue weighted by Crippen LogP contribution is 2.37. The third-order valence-corrected chi connectivity index (χ3v) is 4.39. The van der Waals surface area contributed by atoms with Crippen LogP contribution in [0.5, 0.6) is 0 Å². The van der Waals surface area contributed by atoms with Crippen LogP contribution < -0.4 is 0 Å². The van der Waals surface area contributed by atoms with Gasteiger partial charge >= 0.3 is 0 Å². The molecule has 4 rings (SSSR count). The number of nitrogens with zero attached hydrogens (tertiary/aromatic N) is 4. The molecule has 0 fully saturated rings. The minimum absolute atomic E-state index is 0.700. The molecule has 27 heavy (non-hydrogen) atoms. The summed E-state index contributed by atoms with van der Waals surface area (Å²) in [6, 6.07) is 23.0. The topological polar surface area (TPSA) is 60.8 Å². The molecule has 0 radical (unpaired) electrons. The monoisotopic (exact) mass is 354 g/mol. The quantitative estimate of drug-likeness (QED) is 0.544. The minimum Gasteiger partial charge on any atom is -0.359 e. The summed E-state index contributed by atoms with van der Waals surface area (Å²) in [5, 5.41) is 0. The van der Waals surface area contributed by atoms with Crippen molar-refractivity contribution >= 4 is 0 Å². The van der Waals surface area contributed by atoms with E-state index in [0.717, 1.165) is 22.8 Å². The lowest BCUT2D eigenvalue weighted by Gasteiger charge is -2.31. The van der Waals surface area contributed by atoms with E-state index in [1.807, 2.05) is 72.8 Å². The maximum atomic E-state index is 6.08. The van der Waals surface area contributed by atoms with Crippen LogP contribution in [-0.4, -0.2) is 27.0 Å². The van der Waals surface area contributed by atoms with Crippen LogP contribution in [-0.2, 0) is 10.3 Å². The van der Waals surface area contributed by atoms with Crippen LogP contribution in [0.4, 0.5) is 0 Å². The van der Waals surface area contributed by atoms with Crippen LogP contribution in [0.1, 0.15) is 17.1 Å². The Morgan fingerprint density at radius 2 is 1.15 bits per heavy atom. The largest absolute Gasteiger partial charge is 0.359 e. The molecule has 0 saturated carbocycles. The fraction of sp³-hybridized carbons (Fsp3) is 0.0909. The number of pyridine rings is 4. The highest BCUT2D eigenvalue weighted by molar-refractivity contribution is 5.55. The summed E-state index contributed by atoms with van der Waals surface area (Å²) < 4.78 is 6.08. The van der Waals surface area contributed by atoms with E-state index in [4.69, 9.17) is 9.72 Å². The zero-order valence-corrected chi connectivity index (χ0v) is 14.9. The van der Waals surface area contributed by atoms with Crippen molar-refractivity contribution < 1.29 is 4.74 Å². The Morgan fingerprint density at radius 3 is 1.67 bits per heavy atom. The van der Waals surface area contributed by atoms with Gasteiger partial charge in [0, 0.05) is 25.7 Å². The zero-order valence-electron chi connectivity index (χ0n) is 14.9. The molecular formula is C22H18N4O. The van der Waals surface area contributed by atoms with Gasteiger partial charge in [-0.1, -0.05) is 24.3 Å². The molecule has 0 unspecified atom stereocenters. The maximum absolute atomic E-state index is 6.08. The van der Waals surface area contributed by atoms with Crippen LogP contribution in [0.2, 0.25) is 0 Å². The predicted molar refractivity (Wildman–Crippen MR) is 103 cm³/mol. The summed E-state index contributed by atoms with van der Waals surface area (Å²) in [6.45, 7) is 0. The van der Waals surface area contributed by atoms with Crippen LogP contribution in [0, 0.1) is 0 Å². The first kappa shape index (κ1) is 17.0. The Hall–Kier alpha value is -3.44. The number of hydrogen-bond acceptors (Lipinski definition) is 5. The van der Waals surface area contributed by atoms with Crippen LogP contribution in [0.3, 0.4) is 0 Å². The van der Waals surface area contributed by atoms with E-state index in [-0.39, 0.29) is 0 Å². The van der Waals surface area contributed by atoms with Crippen molar-refractivity contribution in [2.45, 2.75) is 5.60 Å². The lowest BCUT2D eigenvalue weighted by atomic mass is 9.89. The van der Waals surface area contributed by atoms with Gasteiger partial charge in [0.25, 0.3) is 0 Å². The van der Waals surface area contributed by atoms with Crippen molar-refractivity contribution in [1.82, 2.24) is 19.9 Å². The Balaban J connectivity index is 1.95. The number of hydrogen-bond donors (Lipinski definition) is 0. The molecule has 0 aliphatic heterocycles. The van der Waals surface area contributed by atoms with E-state index in [1.54, 1.807) is 25.7 Å². The lowest BCUT2D eigenvalue weighted by molar-refractivity contribution is 0.0475. The summed E-state index contributed by atoms with van der Waals surface area (Å²) in [5.41, 5.74) is 2.68. The smallest absolute Gasteiger partial charge is 0.193 e. The number of ether oxygens (including phenoxy) is 1. The molecule has 0 aromatic carbocycles. The molecule has 0 amide bonds. The summed E-state index contributed by atoms with van der Waals surface area (Å²) in [6.07, 6.45) is 5.24. The standard InChI is InChI=1S/C22H18N4O/c1-27-22(19-11-3-6-15-24-19,20-12-4-7-16-25-20)21-13-8-10-18(26-21)17-9-2-5-14-23-17/h2-16H,1H3. The van der Waals surface area contributed by atoms with E-state index in [2.05, 4.69) is 15.0 Å². The predicted octanol–water partition coefficient (Wildman–Crippen LogP) is 3.87. The van der Waals surface area contributed by atoms with Gasteiger partial charge in [-0.3, -0.25) is 15.0 Å². The van der Waals surface area contributed by atoms with Gasteiger partial charge in [-0.25, -0.2) is 4.98 Å². The molecule has 4 aromatic heterocycles. The van der Waals surface area contributed by atoms with Gasteiger partial charge < -0.3 is 4.74 Å². The summed E-state index contributed by atoms with van der Waals surface area (Å²) in [7, 11) is 1.65. The third kappa shape index (κ3) is 3.09. The van der Waals surface area contributed by atoms with E-state index < -0.39 is 5.60 Å². The average Bonchev–Trinajstić information content (AvgIpc) is 2.77. The first-order valence-electron chi connectivity index (χ1n) is 8.62. The Bertz CT molecular complexity index is 968. The van der Waals surface area contributed by atoms with Crippen molar-refractivity contribution in [2.24, 2.45) is 0 Å². The Morgan fingerprint density at radius 1 is 0.593 bits per heavy atom. The van der Waals surface area contributed by atoms with E-state index in [9.17, 15) is 0 Å². The van der Waals surface area contributed by atoms with Crippen LogP contribution >= 0.6 is 0 Å². The summed E-state index contributed by atoms with van der Waals surface area (Å²) in [5.74, 6) is 0. The molecule has 0 aliphatic rings. The highest BCUT2D eigenvalue weighted by Gasteiger charge is 2.41. The molecule has 132 valence electrons. The fourth-order valence-electron chi connectivity index (χ4n) is 3.14. The maximum Gasteiger partial charge on any atom is 0.193 e. The van der Waals surface area contributed by atoms with Crippen LogP contribution in [0.15, 0.2) is 91.4 Å². The van der Waals surface area contributed by atoms with Gasteiger partial charge in [-0.15, -0.1) is 0 Å². The normalized spacial score (nSPS) is 11.3. The number of aromatic nitrogens is 4. The molecule has 4 heterocycles.